The number of imidazole rings is 1. The maximum atomic E-state index is 4.47. The van der Waals surface area contributed by atoms with E-state index in [1.165, 1.54) is 16.8 Å². The van der Waals surface area contributed by atoms with Crippen molar-refractivity contribution in [3.05, 3.63) is 65.5 Å². The number of aromatic nitrogens is 4. The second-order valence-corrected chi connectivity index (χ2v) is 5.94. The lowest BCUT2D eigenvalue weighted by Crippen LogP contribution is -2.19. The molecule has 0 fully saturated rings. The second-order valence-electron chi connectivity index (χ2n) is 5.94. The summed E-state index contributed by atoms with van der Waals surface area (Å²) >= 11 is 0. The smallest absolute Gasteiger partial charge is 0.0991 e. The number of nitrogens with zero attached hydrogens (tertiary/aromatic N) is 4. The zero-order chi connectivity index (χ0) is 16.4. The lowest BCUT2D eigenvalue weighted by Gasteiger charge is -2.15. The Morgan fingerprint density at radius 1 is 1.17 bits per heavy atom. The van der Waals surface area contributed by atoms with Gasteiger partial charge in [-0.25, -0.2) is 4.98 Å². The molecular weight excluding hydrogens is 286 g/mol. The Bertz CT molecular complexity index is 769. The molecule has 5 heteroatoms. The van der Waals surface area contributed by atoms with E-state index in [1.54, 1.807) is 6.20 Å². The molecule has 0 radical (unpaired) electrons. The third-order valence-electron chi connectivity index (χ3n) is 4.44. The topological polar surface area (TPSA) is 47.7 Å². The zero-order valence-corrected chi connectivity index (χ0v) is 14.1. The maximum Gasteiger partial charge on any atom is 0.0991 e. The van der Waals surface area contributed by atoms with Gasteiger partial charge in [0.15, 0.2) is 0 Å². The van der Waals surface area contributed by atoms with Crippen molar-refractivity contribution in [1.82, 2.24) is 24.6 Å². The van der Waals surface area contributed by atoms with Crippen molar-refractivity contribution in [3.63, 3.8) is 0 Å². The molecule has 0 amide bonds. The Hall–Kier alpha value is -2.40. The Balaban J connectivity index is 1.67. The van der Waals surface area contributed by atoms with E-state index in [0.717, 1.165) is 17.9 Å². The summed E-state index contributed by atoms with van der Waals surface area (Å²) in [5.41, 5.74) is 6.00. The van der Waals surface area contributed by atoms with Crippen LogP contribution >= 0.6 is 0 Å². The molecule has 0 spiro atoms. The van der Waals surface area contributed by atoms with Gasteiger partial charge in [0, 0.05) is 49.0 Å². The van der Waals surface area contributed by atoms with Gasteiger partial charge in [-0.05, 0) is 38.5 Å². The van der Waals surface area contributed by atoms with Crippen molar-refractivity contribution in [1.29, 1.82) is 0 Å². The molecule has 2 aromatic heterocycles. The van der Waals surface area contributed by atoms with Crippen LogP contribution in [-0.2, 0) is 13.6 Å². The number of hydrogen-bond donors (Lipinski definition) is 1. The minimum absolute atomic E-state index is 0.283. The molecular formula is C18H23N5. The first kappa shape index (κ1) is 15.5. The van der Waals surface area contributed by atoms with E-state index in [2.05, 4.69) is 60.4 Å². The summed E-state index contributed by atoms with van der Waals surface area (Å²) in [6, 6.07) is 8.85. The van der Waals surface area contributed by atoms with Gasteiger partial charge in [0.2, 0.25) is 0 Å². The predicted molar refractivity (Wildman–Crippen MR) is 91.5 cm³/mol. The van der Waals surface area contributed by atoms with Gasteiger partial charge < -0.3 is 9.88 Å². The lowest BCUT2D eigenvalue weighted by atomic mass is 10.1. The van der Waals surface area contributed by atoms with Crippen LogP contribution < -0.4 is 5.32 Å². The first-order chi connectivity index (χ1) is 11.1. The van der Waals surface area contributed by atoms with E-state index in [9.17, 15) is 0 Å². The molecule has 0 saturated heterocycles. The van der Waals surface area contributed by atoms with Gasteiger partial charge in [-0.1, -0.05) is 12.1 Å². The third-order valence-corrected chi connectivity index (χ3v) is 4.44. The monoisotopic (exact) mass is 309 g/mol. The molecule has 0 saturated carbocycles. The van der Waals surface area contributed by atoms with Crippen molar-refractivity contribution >= 4 is 0 Å². The molecule has 3 rings (SSSR count). The van der Waals surface area contributed by atoms with E-state index >= 15 is 0 Å². The van der Waals surface area contributed by atoms with Gasteiger partial charge in [0.1, 0.15) is 0 Å². The van der Waals surface area contributed by atoms with Gasteiger partial charge in [0.25, 0.3) is 0 Å². The lowest BCUT2D eigenvalue weighted by molar-refractivity contribution is 0.571. The number of benzene rings is 1. The molecule has 0 unspecified atom stereocenters. The number of nitrogens with one attached hydrogen (secondary N) is 1. The number of hydrogen-bond acceptors (Lipinski definition) is 3. The number of aryl methyl sites for hydroxylation is 2. The van der Waals surface area contributed by atoms with Gasteiger partial charge in [0.05, 0.1) is 12.0 Å². The van der Waals surface area contributed by atoms with Crippen LogP contribution in [-0.4, -0.2) is 19.3 Å². The maximum absolute atomic E-state index is 4.47. The first-order valence-electron chi connectivity index (χ1n) is 7.87. The molecule has 3 aromatic rings. The van der Waals surface area contributed by atoms with Crippen LogP contribution in [0.4, 0.5) is 0 Å². The van der Waals surface area contributed by atoms with E-state index < -0.39 is 0 Å². The highest BCUT2D eigenvalue weighted by Gasteiger charge is 2.11. The standard InChI is InChI=1S/C18H23N5/c1-13(20-11-18-14(2)21-22(4)15(18)3)16-5-7-17(8-6-16)23-10-9-19-12-23/h5-10,12-13,20H,11H2,1-4H3/t13-/m0/s1. The third kappa shape index (κ3) is 3.19. The van der Waals surface area contributed by atoms with E-state index in [4.69, 9.17) is 0 Å². The minimum atomic E-state index is 0.283. The Labute approximate surface area is 137 Å². The van der Waals surface area contributed by atoms with Crippen molar-refractivity contribution in [2.24, 2.45) is 7.05 Å². The van der Waals surface area contributed by atoms with E-state index in [0.29, 0.717) is 0 Å². The van der Waals surface area contributed by atoms with Crippen LogP contribution in [0, 0.1) is 13.8 Å². The first-order valence-corrected chi connectivity index (χ1v) is 7.87. The molecule has 1 N–H and O–H groups in total. The minimum Gasteiger partial charge on any atom is -0.306 e. The molecule has 0 aliphatic heterocycles. The fourth-order valence-corrected chi connectivity index (χ4v) is 2.79. The summed E-state index contributed by atoms with van der Waals surface area (Å²) in [6.45, 7) is 7.19. The summed E-state index contributed by atoms with van der Waals surface area (Å²) in [6.07, 6.45) is 5.55. The SMILES string of the molecule is Cc1nn(C)c(C)c1CN[C@@H](C)c1ccc(-n2ccnc2)cc1. The molecule has 120 valence electrons. The molecule has 0 aliphatic rings. The Morgan fingerprint density at radius 2 is 1.91 bits per heavy atom. The summed E-state index contributed by atoms with van der Waals surface area (Å²) in [4.78, 5) is 4.08. The van der Waals surface area contributed by atoms with Gasteiger partial charge in [-0.2, -0.15) is 5.10 Å². The van der Waals surface area contributed by atoms with Crippen LogP contribution in [0.5, 0.6) is 0 Å². The molecule has 5 nitrogen and oxygen atoms in total. The second kappa shape index (κ2) is 6.38. The van der Waals surface area contributed by atoms with E-state index in [1.807, 2.05) is 28.8 Å². The highest BCUT2D eigenvalue weighted by molar-refractivity contribution is 5.35. The molecule has 2 heterocycles. The van der Waals surface area contributed by atoms with Crippen LogP contribution in [0.3, 0.4) is 0 Å². The number of rotatable bonds is 5. The quantitative estimate of drug-likeness (QED) is 0.788. The Morgan fingerprint density at radius 3 is 2.48 bits per heavy atom. The van der Waals surface area contributed by atoms with Gasteiger partial charge in [-0.3, -0.25) is 4.68 Å². The normalized spacial score (nSPS) is 12.5. The molecule has 23 heavy (non-hydrogen) atoms. The van der Waals surface area contributed by atoms with Crippen LogP contribution in [0.25, 0.3) is 5.69 Å². The highest BCUT2D eigenvalue weighted by Crippen LogP contribution is 2.18. The van der Waals surface area contributed by atoms with Crippen molar-refractivity contribution in [2.45, 2.75) is 33.4 Å². The van der Waals surface area contributed by atoms with Crippen molar-refractivity contribution in [2.75, 3.05) is 0 Å². The highest BCUT2D eigenvalue weighted by atomic mass is 15.3. The predicted octanol–water partition coefficient (Wildman–Crippen LogP) is 3.07. The van der Waals surface area contributed by atoms with E-state index in [-0.39, 0.29) is 6.04 Å². The van der Waals surface area contributed by atoms with Gasteiger partial charge >= 0.3 is 0 Å². The van der Waals surface area contributed by atoms with Crippen LogP contribution in [0.15, 0.2) is 43.0 Å². The fourth-order valence-electron chi connectivity index (χ4n) is 2.79. The van der Waals surface area contributed by atoms with Crippen molar-refractivity contribution in [3.8, 4) is 5.69 Å². The summed E-state index contributed by atoms with van der Waals surface area (Å²) < 4.78 is 3.95. The molecule has 1 aromatic carbocycles. The molecule has 1 atom stereocenters. The zero-order valence-electron chi connectivity index (χ0n) is 14.1. The van der Waals surface area contributed by atoms with Gasteiger partial charge in [-0.15, -0.1) is 0 Å². The van der Waals surface area contributed by atoms with Crippen LogP contribution in [0.2, 0.25) is 0 Å². The summed E-state index contributed by atoms with van der Waals surface area (Å²) in [5, 5.41) is 8.06. The largest absolute Gasteiger partial charge is 0.306 e. The molecule has 0 aliphatic carbocycles. The fraction of sp³-hybridized carbons (Fsp3) is 0.333. The average molecular weight is 309 g/mol. The van der Waals surface area contributed by atoms with Crippen molar-refractivity contribution < 1.29 is 0 Å². The summed E-state index contributed by atoms with van der Waals surface area (Å²) in [5.74, 6) is 0. The van der Waals surface area contributed by atoms with Crippen LogP contribution in [0.1, 0.15) is 35.5 Å². The molecule has 0 bridgehead atoms. The average Bonchev–Trinajstić information content (AvgIpc) is 3.16. The summed E-state index contributed by atoms with van der Waals surface area (Å²) in [7, 11) is 1.99. The Kier molecular flexibility index (Phi) is 4.30.